The first-order valence-electron chi connectivity index (χ1n) is 8.43. The van der Waals surface area contributed by atoms with Crippen LogP contribution < -0.4 is 5.32 Å². The molecule has 5 fully saturated rings. The Hall–Kier alpha value is -0.0800. The van der Waals surface area contributed by atoms with Gasteiger partial charge in [0.2, 0.25) is 0 Å². The molecule has 0 amide bonds. The molecule has 4 aliphatic carbocycles. The van der Waals surface area contributed by atoms with Crippen LogP contribution in [0.4, 0.5) is 0 Å². The Morgan fingerprint density at radius 2 is 1.68 bits per heavy atom. The number of hydrogen-bond acceptors (Lipinski definition) is 2. The van der Waals surface area contributed by atoms with Gasteiger partial charge in [0.05, 0.1) is 13.2 Å². The summed E-state index contributed by atoms with van der Waals surface area (Å²) in [5.74, 6) is 3.23. The van der Waals surface area contributed by atoms with Crippen molar-refractivity contribution >= 4 is 0 Å². The molecule has 5 rings (SSSR count). The molecule has 5 aliphatic rings. The monoisotopic (exact) mass is 263 g/mol. The van der Waals surface area contributed by atoms with E-state index < -0.39 is 0 Å². The third-order valence-corrected chi connectivity index (χ3v) is 6.39. The average Bonchev–Trinajstić information content (AvgIpc) is 2.51. The fraction of sp³-hybridized carbons (Fsp3) is 1.00. The van der Waals surface area contributed by atoms with Crippen LogP contribution in [-0.2, 0) is 4.74 Å². The van der Waals surface area contributed by atoms with Crippen LogP contribution in [0.2, 0.25) is 0 Å². The summed E-state index contributed by atoms with van der Waals surface area (Å²) in [4.78, 5) is 0. The molecule has 4 saturated carbocycles. The van der Waals surface area contributed by atoms with Crippen LogP contribution in [0.3, 0.4) is 0 Å². The normalized spacial score (nSPS) is 53.2. The number of rotatable bonds is 2. The molecule has 0 spiro atoms. The lowest BCUT2D eigenvalue weighted by atomic mass is 9.47. The van der Waals surface area contributed by atoms with E-state index in [1.54, 1.807) is 19.3 Å². The minimum absolute atomic E-state index is 0.377. The van der Waals surface area contributed by atoms with Crippen LogP contribution in [-0.4, -0.2) is 26.3 Å². The highest BCUT2D eigenvalue weighted by molar-refractivity contribution is 5.03. The first-order valence-corrected chi connectivity index (χ1v) is 8.43. The van der Waals surface area contributed by atoms with E-state index in [0.29, 0.717) is 10.8 Å². The maximum absolute atomic E-state index is 5.86. The minimum atomic E-state index is 0.377. The summed E-state index contributed by atoms with van der Waals surface area (Å²) in [5.41, 5.74) is 1.07. The number of hydrogen-bond donors (Lipinski definition) is 1. The van der Waals surface area contributed by atoms with Crippen molar-refractivity contribution in [3.63, 3.8) is 0 Å². The van der Waals surface area contributed by atoms with Crippen molar-refractivity contribution < 1.29 is 4.74 Å². The molecule has 1 heterocycles. The second-order valence-electron chi connectivity index (χ2n) is 8.63. The molecule has 1 unspecified atom stereocenters. The van der Waals surface area contributed by atoms with Crippen LogP contribution in [0, 0.1) is 28.6 Å². The molecule has 0 aromatic carbocycles. The summed E-state index contributed by atoms with van der Waals surface area (Å²) in [5, 5.41) is 3.60. The maximum atomic E-state index is 5.86. The third kappa shape index (κ3) is 2.35. The van der Waals surface area contributed by atoms with Gasteiger partial charge in [0.15, 0.2) is 0 Å². The predicted molar refractivity (Wildman–Crippen MR) is 77.0 cm³/mol. The number of ether oxygens (including phenoxy) is 1. The lowest BCUT2D eigenvalue weighted by Crippen LogP contribution is -2.49. The molecule has 1 N–H and O–H groups in total. The minimum Gasteiger partial charge on any atom is -0.380 e. The van der Waals surface area contributed by atoms with E-state index in [-0.39, 0.29) is 0 Å². The van der Waals surface area contributed by atoms with Gasteiger partial charge in [-0.15, -0.1) is 0 Å². The second kappa shape index (κ2) is 4.46. The van der Waals surface area contributed by atoms with Gasteiger partial charge in [-0.2, -0.15) is 0 Å². The molecule has 2 nitrogen and oxygen atoms in total. The third-order valence-electron chi connectivity index (χ3n) is 6.39. The molecule has 4 bridgehead atoms. The van der Waals surface area contributed by atoms with Crippen LogP contribution in [0.15, 0.2) is 0 Å². The highest BCUT2D eigenvalue weighted by Crippen LogP contribution is 2.63. The zero-order valence-electron chi connectivity index (χ0n) is 12.4. The Bertz CT molecular complexity index is 308. The Kier molecular flexibility index (Phi) is 2.97. The molecular formula is C17H29NO. The van der Waals surface area contributed by atoms with E-state index in [2.05, 4.69) is 12.2 Å². The molecule has 2 heteroatoms. The molecule has 0 aromatic rings. The maximum Gasteiger partial charge on any atom is 0.0591 e. The van der Waals surface area contributed by atoms with Crippen LogP contribution in [0.5, 0.6) is 0 Å². The van der Waals surface area contributed by atoms with Crippen molar-refractivity contribution in [3.05, 3.63) is 0 Å². The molecule has 1 saturated heterocycles. The zero-order valence-corrected chi connectivity index (χ0v) is 12.4. The van der Waals surface area contributed by atoms with Gasteiger partial charge in [-0.05, 0) is 68.1 Å². The van der Waals surface area contributed by atoms with Crippen molar-refractivity contribution in [3.8, 4) is 0 Å². The molecule has 0 radical (unpaired) electrons. The largest absolute Gasteiger partial charge is 0.380 e. The average molecular weight is 263 g/mol. The Balaban J connectivity index is 1.52. The van der Waals surface area contributed by atoms with Gasteiger partial charge in [-0.3, -0.25) is 0 Å². The molecular weight excluding hydrogens is 234 g/mol. The first-order chi connectivity index (χ1) is 9.15. The fourth-order valence-electron chi connectivity index (χ4n) is 6.43. The van der Waals surface area contributed by atoms with Crippen LogP contribution >= 0.6 is 0 Å². The summed E-state index contributed by atoms with van der Waals surface area (Å²) in [6, 6.07) is 0. The highest BCUT2D eigenvalue weighted by atomic mass is 16.5. The standard InChI is InChI=1S/C17H29NO/c1-16(11-18-2-3-19-12-16)10-17-7-13-4-14(8-17)6-15(5-13)9-17/h13-15,18H,2-12H2,1H3. The summed E-state index contributed by atoms with van der Waals surface area (Å²) >= 11 is 0. The van der Waals surface area contributed by atoms with Crippen molar-refractivity contribution in [1.82, 2.24) is 5.32 Å². The number of nitrogens with one attached hydrogen (secondary N) is 1. The summed E-state index contributed by atoms with van der Waals surface area (Å²) in [6.45, 7) is 6.54. The lowest BCUT2D eigenvalue weighted by Gasteiger charge is -2.58. The molecule has 108 valence electrons. The van der Waals surface area contributed by atoms with Gasteiger partial charge in [0, 0.05) is 18.5 Å². The van der Waals surface area contributed by atoms with Gasteiger partial charge in [-0.1, -0.05) is 6.92 Å². The Morgan fingerprint density at radius 1 is 1.05 bits per heavy atom. The summed E-state index contributed by atoms with van der Waals surface area (Å²) in [6.07, 6.45) is 10.7. The SMILES string of the molecule is CC1(CC23CC4CC(CC(C4)C2)C3)CNCCOC1. The van der Waals surface area contributed by atoms with Gasteiger partial charge < -0.3 is 10.1 Å². The predicted octanol–water partition coefficient (Wildman–Crippen LogP) is 3.22. The van der Waals surface area contributed by atoms with Crippen molar-refractivity contribution in [1.29, 1.82) is 0 Å². The van der Waals surface area contributed by atoms with E-state index >= 15 is 0 Å². The van der Waals surface area contributed by atoms with Gasteiger partial charge in [0.25, 0.3) is 0 Å². The van der Waals surface area contributed by atoms with Gasteiger partial charge in [-0.25, -0.2) is 0 Å². The zero-order chi connectivity index (χ0) is 12.9. The smallest absolute Gasteiger partial charge is 0.0591 e. The van der Waals surface area contributed by atoms with Crippen molar-refractivity contribution in [2.45, 2.75) is 51.9 Å². The van der Waals surface area contributed by atoms with E-state index in [4.69, 9.17) is 4.74 Å². The van der Waals surface area contributed by atoms with Gasteiger partial charge >= 0.3 is 0 Å². The Morgan fingerprint density at radius 3 is 2.32 bits per heavy atom. The Labute approximate surface area is 117 Å². The van der Waals surface area contributed by atoms with Crippen molar-refractivity contribution in [2.75, 3.05) is 26.3 Å². The van der Waals surface area contributed by atoms with E-state index in [9.17, 15) is 0 Å². The lowest BCUT2D eigenvalue weighted by molar-refractivity contribution is -0.0840. The van der Waals surface area contributed by atoms with E-state index in [1.165, 1.54) is 25.7 Å². The van der Waals surface area contributed by atoms with Crippen LogP contribution in [0.1, 0.15) is 51.9 Å². The van der Waals surface area contributed by atoms with Gasteiger partial charge in [0.1, 0.15) is 0 Å². The summed E-state index contributed by atoms with van der Waals surface area (Å²) < 4.78 is 5.86. The molecule has 19 heavy (non-hydrogen) atoms. The molecule has 1 aliphatic heterocycles. The second-order valence-corrected chi connectivity index (χ2v) is 8.63. The van der Waals surface area contributed by atoms with Crippen LogP contribution in [0.25, 0.3) is 0 Å². The van der Waals surface area contributed by atoms with E-state index in [1.807, 2.05) is 0 Å². The van der Waals surface area contributed by atoms with E-state index in [0.717, 1.165) is 44.1 Å². The van der Waals surface area contributed by atoms with Crippen molar-refractivity contribution in [2.24, 2.45) is 28.6 Å². The quantitative estimate of drug-likeness (QED) is 0.826. The summed E-state index contributed by atoms with van der Waals surface area (Å²) in [7, 11) is 0. The highest BCUT2D eigenvalue weighted by Gasteiger charge is 2.52. The fourth-order valence-corrected chi connectivity index (χ4v) is 6.43. The topological polar surface area (TPSA) is 21.3 Å². The molecule has 1 atom stereocenters. The first kappa shape index (κ1) is 12.6. The molecule has 0 aromatic heterocycles.